The summed E-state index contributed by atoms with van der Waals surface area (Å²) in [6, 6.07) is 11.6. The summed E-state index contributed by atoms with van der Waals surface area (Å²) < 4.78 is 12.4. The summed E-state index contributed by atoms with van der Waals surface area (Å²) in [6.07, 6.45) is 1.47. The second-order valence-corrected chi connectivity index (χ2v) is 7.19. The van der Waals surface area contributed by atoms with Gasteiger partial charge in [-0.15, -0.1) is 0 Å². The number of H-pyrrole nitrogens is 1. The molecule has 1 saturated heterocycles. The van der Waals surface area contributed by atoms with Crippen molar-refractivity contribution in [1.82, 2.24) is 19.5 Å². The van der Waals surface area contributed by atoms with Gasteiger partial charge in [-0.25, -0.2) is 14.3 Å². The third-order valence-electron chi connectivity index (χ3n) is 4.94. The van der Waals surface area contributed by atoms with E-state index in [1.54, 1.807) is 6.92 Å². The van der Waals surface area contributed by atoms with E-state index < -0.39 is 5.97 Å². The van der Waals surface area contributed by atoms with E-state index in [9.17, 15) is 9.59 Å². The molecule has 0 aliphatic carbocycles. The van der Waals surface area contributed by atoms with Crippen molar-refractivity contribution in [3.63, 3.8) is 0 Å². The Bertz CT molecular complexity index is 1060. The number of carbonyl (C=O) groups is 1. The van der Waals surface area contributed by atoms with Gasteiger partial charge in [-0.2, -0.15) is 0 Å². The normalized spacial score (nSPS) is 20.1. The number of morpholine rings is 1. The van der Waals surface area contributed by atoms with Crippen molar-refractivity contribution in [2.24, 2.45) is 0 Å². The van der Waals surface area contributed by atoms with E-state index in [-0.39, 0.29) is 35.6 Å². The van der Waals surface area contributed by atoms with E-state index in [0.29, 0.717) is 18.8 Å². The molecule has 1 N–H and O–H groups in total. The summed E-state index contributed by atoms with van der Waals surface area (Å²) >= 11 is 0. The number of esters is 1. The highest BCUT2D eigenvalue weighted by Crippen LogP contribution is 2.25. The Labute approximate surface area is 168 Å². The Balaban J connectivity index is 1.59. The zero-order valence-electron chi connectivity index (χ0n) is 16.5. The first-order chi connectivity index (χ1) is 14.0. The fraction of sp³-hybridized carbons (Fsp3) is 0.381. The van der Waals surface area contributed by atoms with Crippen LogP contribution in [0, 0.1) is 0 Å². The van der Waals surface area contributed by atoms with Crippen LogP contribution in [0.4, 0.5) is 0 Å². The van der Waals surface area contributed by atoms with Crippen molar-refractivity contribution < 1.29 is 14.3 Å². The molecule has 2 unspecified atom stereocenters. The van der Waals surface area contributed by atoms with Crippen LogP contribution in [-0.4, -0.2) is 51.3 Å². The molecule has 1 fully saturated rings. The van der Waals surface area contributed by atoms with E-state index in [1.165, 1.54) is 16.8 Å². The molecule has 8 nitrogen and oxygen atoms in total. The fourth-order valence-electron chi connectivity index (χ4n) is 3.72. The van der Waals surface area contributed by atoms with E-state index >= 15 is 0 Å². The molecule has 3 aromatic rings. The minimum atomic E-state index is -0.501. The number of nitrogens with zero attached hydrogens (tertiary/aromatic N) is 3. The molecule has 8 heteroatoms. The molecule has 0 spiro atoms. The van der Waals surface area contributed by atoms with Gasteiger partial charge in [-0.3, -0.25) is 14.8 Å². The van der Waals surface area contributed by atoms with Crippen molar-refractivity contribution in [3.05, 3.63) is 69.8 Å². The van der Waals surface area contributed by atoms with Crippen LogP contribution in [0.3, 0.4) is 0 Å². The number of aromatic nitrogens is 3. The Kier molecular flexibility index (Phi) is 5.46. The van der Waals surface area contributed by atoms with Crippen LogP contribution in [-0.2, 0) is 16.0 Å². The first-order valence-electron chi connectivity index (χ1n) is 9.75. The fourth-order valence-corrected chi connectivity index (χ4v) is 3.72. The molecule has 152 valence electrons. The number of carbonyl (C=O) groups excluding carboxylic acids is 1. The van der Waals surface area contributed by atoms with Gasteiger partial charge in [0.2, 0.25) is 0 Å². The van der Waals surface area contributed by atoms with Gasteiger partial charge in [0.25, 0.3) is 5.56 Å². The molecule has 1 aliphatic heterocycles. The molecular formula is C21H24N4O4. The molecular weight excluding hydrogens is 372 g/mol. The molecule has 0 radical (unpaired) electrons. The van der Waals surface area contributed by atoms with Crippen LogP contribution in [0.1, 0.15) is 41.6 Å². The van der Waals surface area contributed by atoms with Gasteiger partial charge in [-0.05, 0) is 19.4 Å². The molecule has 0 saturated carbocycles. The maximum Gasteiger partial charge on any atom is 0.343 e. The maximum atomic E-state index is 12.5. The number of hydrogen-bond donors (Lipinski definition) is 1. The summed E-state index contributed by atoms with van der Waals surface area (Å²) in [5.41, 5.74) is 2.01. The average Bonchev–Trinajstić information content (AvgIpc) is 3.13. The summed E-state index contributed by atoms with van der Waals surface area (Å²) in [7, 11) is 0. The number of nitrogens with one attached hydrogen (secondary N) is 1. The first-order valence-corrected chi connectivity index (χ1v) is 9.75. The minimum absolute atomic E-state index is 0.0351. The molecule has 2 aromatic heterocycles. The van der Waals surface area contributed by atoms with Gasteiger partial charge in [0.05, 0.1) is 24.5 Å². The number of hydrogen-bond acceptors (Lipinski definition) is 6. The van der Waals surface area contributed by atoms with Crippen LogP contribution in [0.15, 0.2) is 47.4 Å². The predicted molar refractivity (Wildman–Crippen MR) is 107 cm³/mol. The summed E-state index contributed by atoms with van der Waals surface area (Å²) in [5, 5.41) is 2.77. The van der Waals surface area contributed by atoms with Crippen molar-refractivity contribution >= 4 is 11.6 Å². The summed E-state index contributed by atoms with van der Waals surface area (Å²) in [4.78, 5) is 31.4. The summed E-state index contributed by atoms with van der Waals surface area (Å²) in [5.74, 6) is -0.501. The van der Waals surface area contributed by atoms with Gasteiger partial charge < -0.3 is 9.47 Å². The van der Waals surface area contributed by atoms with Crippen molar-refractivity contribution in [2.45, 2.75) is 32.6 Å². The molecule has 0 bridgehead atoms. The molecule has 4 rings (SSSR count). The minimum Gasteiger partial charge on any atom is -0.462 e. The predicted octanol–water partition coefficient (Wildman–Crippen LogP) is 2.16. The molecule has 3 heterocycles. The standard InChI is InChI=1S/C21H24N4O4/c1-3-28-21(27)17-10-22-25-19(26)9-16(23-20(17)25)12-24-11-14(2)29-18(13-24)15-7-5-4-6-8-15/h4-10,14,18,22H,3,11-13H2,1-2H3. The Morgan fingerprint density at radius 3 is 2.86 bits per heavy atom. The summed E-state index contributed by atoms with van der Waals surface area (Å²) in [6.45, 7) is 5.97. The number of ether oxygens (including phenoxy) is 2. The van der Waals surface area contributed by atoms with Crippen LogP contribution in [0.2, 0.25) is 0 Å². The number of fused-ring (bicyclic) bond motifs is 1. The van der Waals surface area contributed by atoms with E-state index in [1.807, 2.05) is 25.1 Å². The molecule has 1 aliphatic rings. The van der Waals surface area contributed by atoms with Crippen LogP contribution in [0.5, 0.6) is 0 Å². The van der Waals surface area contributed by atoms with Crippen LogP contribution >= 0.6 is 0 Å². The number of rotatable bonds is 5. The quantitative estimate of drug-likeness (QED) is 0.665. The number of aromatic amines is 1. The van der Waals surface area contributed by atoms with E-state index in [2.05, 4.69) is 27.1 Å². The Morgan fingerprint density at radius 2 is 2.10 bits per heavy atom. The Hall–Kier alpha value is -2.97. The molecule has 29 heavy (non-hydrogen) atoms. The molecule has 2 atom stereocenters. The lowest BCUT2D eigenvalue weighted by atomic mass is 10.1. The van der Waals surface area contributed by atoms with Gasteiger partial charge in [-0.1, -0.05) is 30.3 Å². The highest BCUT2D eigenvalue weighted by atomic mass is 16.5. The monoisotopic (exact) mass is 396 g/mol. The lowest BCUT2D eigenvalue weighted by Crippen LogP contribution is -2.42. The highest BCUT2D eigenvalue weighted by molar-refractivity contribution is 5.95. The SMILES string of the molecule is CCOC(=O)c1c[nH]n2c(=O)cc(CN3CC(C)OC(c4ccccc4)C3)nc12. The van der Waals surface area contributed by atoms with Crippen molar-refractivity contribution in [2.75, 3.05) is 19.7 Å². The lowest BCUT2D eigenvalue weighted by Gasteiger charge is -2.36. The van der Waals surface area contributed by atoms with Gasteiger partial charge in [0, 0.05) is 31.9 Å². The lowest BCUT2D eigenvalue weighted by molar-refractivity contribution is -0.0816. The second-order valence-electron chi connectivity index (χ2n) is 7.19. The highest BCUT2D eigenvalue weighted by Gasteiger charge is 2.27. The van der Waals surface area contributed by atoms with E-state index in [0.717, 1.165) is 12.1 Å². The second kappa shape index (κ2) is 8.18. The topological polar surface area (TPSA) is 88.9 Å². The van der Waals surface area contributed by atoms with Gasteiger partial charge in [0.1, 0.15) is 5.56 Å². The van der Waals surface area contributed by atoms with E-state index in [4.69, 9.17) is 9.47 Å². The van der Waals surface area contributed by atoms with Gasteiger partial charge >= 0.3 is 5.97 Å². The first kappa shape index (κ1) is 19.4. The number of benzene rings is 1. The zero-order chi connectivity index (χ0) is 20.4. The van der Waals surface area contributed by atoms with Crippen LogP contribution in [0.25, 0.3) is 5.65 Å². The maximum absolute atomic E-state index is 12.5. The van der Waals surface area contributed by atoms with Crippen LogP contribution < -0.4 is 5.56 Å². The van der Waals surface area contributed by atoms with Gasteiger partial charge in [0.15, 0.2) is 5.65 Å². The molecule has 0 amide bonds. The third kappa shape index (κ3) is 4.08. The largest absolute Gasteiger partial charge is 0.462 e. The molecule has 1 aromatic carbocycles. The zero-order valence-corrected chi connectivity index (χ0v) is 16.5. The average molecular weight is 396 g/mol. The van der Waals surface area contributed by atoms with Crippen molar-refractivity contribution in [1.29, 1.82) is 0 Å². The smallest absolute Gasteiger partial charge is 0.343 e. The van der Waals surface area contributed by atoms with Crippen molar-refractivity contribution in [3.8, 4) is 0 Å². The Morgan fingerprint density at radius 1 is 1.31 bits per heavy atom. The third-order valence-corrected chi connectivity index (χ3v) is 4.94.